The summed E-state index contributed by atoms with van der Waals surface area (Å²) in [5.74, 6) is 0.776. The second kappa shape index (κ2) is 10.2. The van der Waals surface area contributed by atoms with E-state index in [1.807, 2.05) is 77.1 Å². The van der Waals surface area contributed by atoms with Crippen molar-refractivity contribution in [2.75, 3.05) is 0 Å². The fourth-order valence-corrected chi connectivity index (χ4v) is 4.92. The number of aromatic nitrogens is 3. The molecule has 0 saturated carbocycles. The number of fused-ring (bicyclic) bond motifs is 1. The minimum atomic E-state index is -0.631. The number of benzene rings is 2. The minimum absolute atomic E-state index is 0.362. The SMILES string of the molecule is CC(C)(C)OC(=O)N[C@@H]1CC(C)(C)Oc2nc(-c3ccc(-c4nnco4)cc3Cl)c(-c3ccc(Cl)cc3)cc21. The Morgan fingerprint density at radius 3 is 2.41 bits per heavy atom. The van der Waals surface area contributed by atoms with Crippen molar-refractivity contribution in [1.29, 1.82) is 0 Å². The fraction of sp³-hybridized carbons (Fsp3) is 0.310. The number of amides is 1. The molecule has 0 fully saturated rings. The van der Waals surface area contributed by atoms with Crippen LogP contribution in [-0.4, -0.2) is 32.5 Å². The molecule has 4 aromatic rings. The number of nitrogens with one attached hydrogen (secondary N) is 1. The second-order valence-electron chi connectivity index (χ2n) is 11.0. The van der Waals surface area contributed by atoms with Gasteiger partial charge in [-0.25, -0.2) is 9.78 Å². The van der Waals surface area contributed by atoms with Crippen LogP contribution in [0.1, 0.15) is 52.6 Å². The first kappa shape index (κ1) is 27.0. The molecule has 1 aliphatic heterocycles. The van der Waals surface area contributed by atoms with Crippen LogP contribution < -0.4 is 10.1 Å². The molecule has 0 spiro atoms. The fourth-order valence-electron chi connectivity index (χ4n) is 4.52. The minimum Gasteiger partial charge on any atom is -0.471 e. The van der Waals surface area contributed by atoms with Crippen LogP contribution in [0.5, 0.6) is 5.88 Å². The van der Waals surface area contributed by atoms with Crippen molar-refractivity contribution in [3.05, 3.63) is 70.5 Å². The van der Waals surface area contributed by atoms with Gasteiger partial charge in [-0.15, -0.1) is 10.2 Å². The van der Waals surface area contributed by atoms with Gasteiger partial charge in [-0.1, -0.05) is 41.4 Å². The maximum absolute atomic E-state index is 12.8. The first-order chi connectivity index (χ1) is 18.4. The summed E-state index contributed by atoms with van der Waals surface area (Å²) in [6, 6.07) is 14.5. The van der Waals surface area contributed by atoms with E-state index in [1.165, 1.54) is 6.39 Å². The molecule has 0 bridgehead atoms. The zero-order valence-corrected chi connectivity index (χ0v) is 23.7. The lowest BCUT2D eigenvalue weighted by Crippen LogP contribution is -2.43. The standard InChI is InChI=1S/C29H28Cl2N4O4/c1-28(2,3)39-27(36)33-23-14-29(4,5)38-26-21(23)13-20(16-6-9-18(30)10-7-16)24(34-26)19-11-8-17(12-22(19)31)25-35-32-15-37-25/h6-13,15,23H,14H2,1-5H3,(H,33,36)/t23-/m1/s1. The zero-order valence-electron chi connectivity index (χ0n) is 22.2. The molecule has 2 aromatic heterocycles. The summed E-state index contributed by atoms with van der Waals surface area (Å²) in [7, 11) is 0. The lowest BCUT2D eigenvalue weighted by atomic mass is 9.88. The highest BCUT2D eigenvalue weighted by atomic mass is 35.5. The van der Waals surface area contributed by atoms with Crippen LogP contribution in [0.2, 0.25) is 10.0 Å². The summed E-state index contributed by atoms with van der Waals surface area (Å²) in [5, 5.41) is 11.8. The number of ether oxygens (including phenoxy) is 2. The average molecular weight is 567 g/mol. The third-order valence-corrected chi connectivity index (χ3v) is 6.70. The summed E-state index contributed by atoms with van der Waals surface area (Å²) < 4.78 is 17.2. The number of nitrogens with zero attached hydrogens (tertiary/aromatic N) is 3. The number of alkyl carbamates (subject to hydrolysis) is 1. The van der Waals surface area contributed by atoms with E-state index in [9.17, 15) is 4.79 Å². The molecule has 10 heteroatoms. The first-order valence-electron chi connectivity index (χ1n) is 12.4. The van der Waals surface area contributed by atoms with E-state index in [4.69, 9.17) is 42.1 Å². The molecule has 5 rings (SSSR count). The van der Waals surface area contributed by atoms with Gasteiger partial charge in [-0.3, -0.25) is 0 Å². The average Bonchev–Trinajstić information content (AvgIpc) is 3.37. The second-order valence-corrected chi connectivity index (χ2v) is 11.8. The summed E-state index contributed by atoms with van der Waals surface area (Å²) in [6.07, 6.45) is 1.29. The lowest BCUT2D eigenvalue weighted by Gasteiger charge is -2.37. The van der Waals surface area contributed by atoms with Gasteiger partial charge in [-0.2, -0.15) is 0 Å². The van der Waals surface area contributed by atoms with Gasteiger partial charge in [-0.05, 0) is 70.5 Å². The summed E-state index contributed by atoms with van der Waals surface area (Å²) in [5.41, 5.74) is 3.19. The Morgan fingerprint density at radius 1 is 1.05 bits per heavy atom. The molecule has 3 heterocycles. The van der Waals surface area contributed by atoms with Gasteiger partial charge in [0.25, 0.3) is 0 Å². The van der Waals surface area contributed by atoms with E-state index < -0.39 is 17.3 Å². The van der Waals surface area contributed by atoms with Crippen molar-refractivity contribution in [3.8, 4) is 39.7 Å². The highest BCUT2D eigenvalue weighted by Gasteiger charge is 2.37. The molecule has 1 amide bonds. The lowest BCUT2D eigenvalue weighted by molar-refractivity contribution is 0.0367. The van der Waals surface area contributed by atoms with Crippen LogP contribution >= 0.6 is 23.2 Å². The Bertz CT molecular complexity index is 1510. The molecule has 0 unspecified atom stereocenters. The van der Waals surface area contributed by atoms with Gasteiger partial charge in [0, 0.05) is 33.7 Å². The smallest absolute Gasteiger partial charge is 0.408 e. The predicted octanol–water partition coefficient (Wildman–Crippen LogP) is 7.90. The Hall–Kier alpha value is -3.62. The summed E-state index contributed by atoms with van der Waals surface area (Å²) >= 11 is 13.0. The Balaban J connectivity index is 1.65. The summed E-state index contributed by atoms with van der Waals surface area (Å²) in [4.78, 5) is 17.7. The van der Waals surface area contributed by atoms with E-state index in [1.54, 1.807) is 6.07 Å². The summed E-state index contributed by atoms with van der Waals surface area (Å²) in [6.45, 7) is 9.40. The Morgan fingerprint density at radius 2 is 1.77 bits per heavy atom. The largest absolute Gasteiger partial charge is 0.471 e. The maximum Gasteiger partial charge on any atom is 0.408 e. The van der Waals surface area contributed by atoms with Crippen LogP contribution in [0.3, 0.4) is 0 Å². The molecule has 1 atom stereocenters. The number of carbonyl (C=O) groups excluding carboxylic acids is 1. The van der Waals surface area contributed by atoms with Crippen LogP contribution in [0.25, 0.3) is 33.8 Å². The Labute approximate surface area is 236 Å². The van der Waals surface area contributed by atoms with E-state index in [-0.39, 0.29) is 6.04 Å². The van der Waals surface area contributed by atoms with Crippen LogP contribution in [0.15, 0.2) is 59.3 Å². The molecule has 39 heavy (non-hydrogen) atoms. The third kappa shape index (κ3) is 6.02. The van der Waals surface area contributed by atoms with Crippen molar-refractivity contribution < 1.29 is 18.7 Å². The van der Waals surface area contributed by atoms with Crippen molar-refractivity contribution in [2.24, 2.45) is 0 Å². The van der Waals surface area contributed by atoms with Crippen LogP contribution in [0.4, 0.5) is 4.79 Å². The van der Waals surface area contributed by atoms with Crippen molar-refractivity contribution in [3.63, 3.8) is 0 Å². The number of rotatable bonds is 4. The van der Waals surface area contributed by atoms with E-state index in [2.05, 4.69) is 15.5 Å². The first-order valence-corrected chi connectivity index (χ1v) is 13.2. The zero-order chi connectivity index (χ0) is 27.9. The molecule has 202 valence electrons. The number of carbonyl (C=O) groups is 1. The molecule has 0 aliphatic carbocycles. The van der Waals surface area contributed by atoms with Crippen LogP contribution in [0, 0.1) is 0 Å². The van der Waals surface area contributed by atoms with Gasteiger partial charge in [0.15, 0.2) is 0 Å². The number of hydrogen-bond acceptors (Lipinski definition) is 7. The molecular weight excluding hydrogens is 539 g/mol. The normalized spacial score (nSPS) is 16.2. The van der Waals surface area contributed by atoms with Crippen molar-refractivity contribution in [1.82, 2.24) is 20.5 Å². The highest BCUT2D eigenvalue weighted by molar-refractivity contribution is 6.33. The van der Waals surface area contributed by atoms with E-state index in [0.717, 1.165) is 16.7 Å². The molecule has 2 aromatic carbocycles. The van der Waals surface area contributed by atoms with Crippen LogP contribution in [-0.2, 0) is 4.74 Å². The van der Waals surface area contributed by atoms with Gasteiger partial charge < -0.3 is 19.2 Å². The van der Waals surface area contributed by atoms with Gasteiger partial charge in [0.1, 0.15) is 11.2 Å². The third-order valence-electron chi connectivity index (χ3n) is 6.14. The molecule has 0 saturated heterocycles. The van der Waals surface area contributed by atoms with Gasteiger partial charge in [0.2, 0.25) is 18.2 Å². The number of hydrogen-bond donors (Lipinski definition) is 1. The van der Waals surface area contributed by atoms with E-state index in [0.29, 0.717) is 45.1 Å². The van der Waals surface area contributed by atoms with Crippen molar-refractivity contribution >= 4 is 29.3 Å². The Kier molecular flexibility index (Phi) is 7.03. The molecule has 1 aliphatic rings. The maximum atomic E-state index is 12.8. The topological polar surface area (TPSA) is 99.4 Å². The predicted molar refractivity (Wildman–Crippen MR) is 150 cm³/mol. The monoisotopic (exact) mass is 566 g/mol. The highest BCUT2D eigenvalue weighted by Crippen LogP contribution is 2.45. The van der Waals surface area contributed by atoms with Gasteiger partial charge >= 0.3 is 6.09 Å². The molecule has 0 radical (unpaired) electrons. The number of halogens is 2. The molecular formula is C29H28Cl2N4O4. The van der Waals surface area contributed by atoms with Gasteiger partial charge in [0.05, 0.1) is 16.8 Å². The quantitative estimate of drug-likeness (QED) is 0.268. The number of pyridine rings is 1. The molecule has 1 N–H and O–H groups in total. The molecule has 8 nitrogen and oxygen atoms in total. The van der Waals surface area contributed by atoms with Crippen molar-refractivity contribution in [2.45, 2.75) is 58.3 Å². The van der Waals surface area contributed by atoms with E-state index >= 15 is 0 Å².